The van der Waals surface area contributed by atoms with Crippen LogP contribution in [0.1, 0.15) is 27.7 Å². The highest BCUT2D eigenvalue weighted by atomic mass is 32.2. The molecule has 7 rings (SSSR count). The van der Waals surface area contributed by atoms with Crippen LogP contribution in [0.4, 0.5) is 5.69 Å². The van der Waals surface area contributed by atoms with Gasteiger partial charge in [-0.2, -0.15) is 0 Å². The lowest BCUT2D eigenvalue weighted by atomic mass is 9.69. The predicted molar refractivity (Wildman–Crippen MR) is 126 cm³/mol. The van der Waals surface area contributed by atoms with E-state index >= 15 is 0 Å². The SMILES string of the molecule is Cc1ccc(N2C(=O)[C@H]3[C@H]4C[C@@H]([C@@H]3C2=O)[C@H]2[C@H](c3cccs3)c3sc(=O)[nH]c3S[C@H]42)cc1. The molecule has 0 unspecified atom stereocenters. The molecule has 0 radical (unpaired) electrons. The first-order valence-electron chi connectivity index (χ1n) is 10.9. The van der Waals surface area contributed by atoms with Crippen LogP contribution in [0.3, 0.4) is 0 Å². The van der Waals surface area contributed by atoms with Crippen molar-refractivity contribution in [1.29, 1.82) is 0 Å². The van der Waals surface area contributed by atoms with E-state index in [-0.39, 0.29) is 57.4 Å². The number of thiazole rings is 1. The van der Waals surface area contributed by atoms with Crippen molar-refractivity contribution in [1.82, 2.24) is 4.98 Å². The van der Waals surface area contributed by atoms with E-state index in [0.717, 1.165) is 21.9 Å². The Morgan fingerprint density at radius 3 is 2.47 bits per heavy atom. The highest BCUT2D eigenvalue weighted by molar-refractivity contribution is 8.00. The molecule has 8 heteroatoms. The number of anilines is 1. The summed E-state index contributed by atoms with van der Waals surface area (Å²) in [6.07, 6.45) is 0.929. The molecule has 3 aromatic rings. The lowest BCUT2D eigenvalue weighted by molar-refractivity contribution is -0.123. The minimum atomic E-state index is -0.240. The van der Waals surface area contributed by atoms with Gasteiger partial charge in [0.05, 0.1) is 22.5 Å². The van der Waals surface area contributed by atoms with E-state index in [0.29, 0.717) is 5.69 Å². The number of H-pyrrole nitrogens is 1. The monoisotopic (exact) mass is 480 g/mol. The molecule has 2 saturated carbocycles. The molecule has 2 aliphatic heterocycles. The number of hydrogen-bond donors (Lipinski definition) is 1. The van der Waals surface area contributed by atoms with Crippen molar-refractivity contribution in [3.8, 4) is 0 Å². The number of fused-ring (bicyclic) bond motifs is 9. The van der Waals surface area contributed by atoms with Gasteiger partial charge in [-0.05, 0) is 54.7 Å². The Balaban J connectivity index is 1.32. The second kappa shape index (κ2) is 6.68. The average molecular weight is 481 g/mol. The molecule has 162 valence electrons. The van der Waals surface area contributed by atoms with Crippen molar-refractivity contribution < 1.29 is 9.59 Å². The Labute approximate surface area is 196 Å². The summed E-state index contributed by atoms with van der Waals surface area (Å²) < 4.78 is 0. The minimum absolute atomic E-state index is 0.0192. The van der Waals surface area contributed by atoms with Crippen molar-refractivity contribution in [3.05, 3.63) is 66.8 Å². The number of amides is 2. The Bertz CT molecular complexity index is 1310. The topological polar surface area (TPSA) is 70.2 Å². The number of thiophene rings is 1. The molecule has 2 bridgehead atoms. The van der Waals surface area contributed by atoms with Gasteiger partial charge < -0.3 is 4.98 Å². The number of thioether (sulfide) groups is 1. The molecule has 0 spiro atoms. The van der Waals surface area contributed by atoms with Crippen molar-refractivity contribution in [3.63, 3.8) is 0 Å². The van der Waals surface area contributed by atoms with Gasteiger partial charge in [0.15, 0.2) is 0 Å². The zero-order valence-corrected chi connectivity index (χ0v) is 19.6. The minimum Gasteiger partial charge on any atom is -0.307 e. The zero-order valence-electron chi connectivity index (χ0n) is 17.2. The molecule has 4 aliphatic rings. The fourth-order valence-electron chi connectivity index (χ4n) is 6.75. The second-order valence-corrected chi connectivity index (χ2v) is 12.5. The Kier molecular flexibility index (Phi) is 4.03. The maximum absolute atomic E-state index is 13.6. The van der Waals surface area contributed by atoms with Crippen LogP contribution in [-0.4, -0.2) is 22.0 Å². The van der Waals surface area contributed by atoms with Gasteiger partial charge in [-0.1, -0.05) is 35.1 Å². The third-order valence-corrected chi connectivity index (χ3v) is 11.4. The van der Waals surface area contributed by atoms with Crippen LogP contribution < -0.4 is 9.77 Å². The van der Waals surface area contributed by atoms with Crippen LogP contribution in [-0.2, 0) is 9.59 Å². The van der Waals surface area contributed by atoms with Crippen LogP contribution in [0.5, 0.6) is 0 Å². The summed E-state index contributed by atoms with van der Waals surface area (Å²) in [7, 11) is 0. The Hall–Kier alpha value is -2.16. The fourth-order valence-corrected chi connectivity index (χ4v) is 10.6. The highest BCUT2D eigenvalue weighted by Gasteiger charge is 2.69. The van der Waals surface area contributed by atoms with Crippen molar-refractivity contribution in [2.24, 2.45) is 29.6 Å². The maximum atomic E-state index is 13.6. The molecular formula is C24H20N2O3S3. The Morgan fingerprint density at radius 1 is 1.00 bits per heavy atom. The van der Waals surface area contributed by atoms with E-state index in [1.165, 1.54) is 21.1 Å². The zero-order chi connectivity index (χ0) is 21.7. The van der Waals surface area contributed by atoms with Crippen LogP contribution in [0.25, 0.3) is 0 Å². The number of carbonyl (C=O) groups excluding carboxylic acids is 2. The molecular weight excluding hydrogens is 460 g/mol. The molecule has 2 amide bonds. The largest absolute Gasteiger partial charge is 0.307 e. The van der Waals surface area contributed by atoms with Crippen molar-refractivity contribution in [2.75, 3.05) is 4.90 Å². The highest BCUT2D eigenvalue weighted by Crippen LogP contribution is 2.68. The molecule has 2 aliphatic carbocycles. The van der Waals surface area contributed by atoms with Crippen LogP contribution >= 0.6 is 34.4 Å². The summed E-state index contributed by atoms with van der Waals surface area (Å²) in [5.41, 5.74) is 1.79. The van der Waals surface area contributed by atoms with E-state index < -0.39 is 0 Å². The van der Waals surface area contributed by atoms with Gasteiger partial charge in [-0.3, -0.25) is 19.3 Å². The number of aryl methyl sites for hydroxylation is 1. The number of hydrogen-bond acceptors (Lipinski definition) is 6. The maximum Gasteiger partial charge on any atom is 0.305 e. The van der Waals surface area contributed by atoms with Gasteiger partial charge in [0.2, 0.25) is 11.8 Å². The van der Waals surface area contributed by atoms with Crippen molar-refractivity contribution >= 4 is 51.9 Å². The third kappa shape index (κ3) is 2.43. The summed E-state index contributed by atoms with van der Waals surface area (Å²) in [6, 6.07) is 11.9. The van der Waals surface area contributed by atoms with Gasteiger partial charge in [0.1, 0.15) is 0 Å². The standard InChI is InChI=1S/C24H20N2O3S3/c1-10-4-6-11(7-5-10)26-22(27)16-12-9-13(17(16)23(26)28)19-15(12)18(14-3-2-8-30-14)20-21(31-19)25-24(29)32-20/h2-8,12-13,15-19H,9H2,1H3,(H,25,29)/t12-,13-,15+,16+,17+,18+,19-/m1/s1. The molecule has 3 fully saturated rings. The molecule has 1 aromatic carbocycles. The first kappa shape index (κ1) is 19.3. The first-order valence-corrected chi connectivity index (χ1v) is 13.5. The molecule has 1 saturated heterocycles. The summed E-state index contributed by atoms with van der Waals surface area (Å²) in [5.74, 6) is 0.211. The van der Waals surface area contributed by atoms with E-state index in [1.807, 2.05) is 31.2 Å². The lowest BCUT2D eigenvalue weighted by Gasteiger charge is -2.42. The molecule has 32 heavy (non-hydrogen) atoms. The lowest BCUT2D eigenvalue weighted by Crippen LogP contribution is -2.42. The van der Waals surface area contributed by atoms with E-state index in [4.69, 9.17) is 0 Å². The molecule has 1 N–H and O–H groups in total. The molecule has 5 nitrogen and oxygen atoms in total. The summed E-state index contributed by atoms with van der Waals surface area (Å²) >= 11 is 4.77. The fraction of sp³-hybridized carbons (Fsp3) is 0.375. The number of aromatic nitrogens is 1. The smallest absolute Gasteiger partial charge is 0.305 e. The third-order valence-electron chi connectivity index (χ3n) is 7.87. The van der Waals surface area contributed by atoms with Gasteiger partial charge in [-0.25, -0.2) is 0 Å². The van der Waals surface area contributed by atoms with Gasteiger partial charge >= 0.3 is 4.87 Å². The number of carbonyl (C=O) groups is 2. The number of nitrogens with zero attached hydrogens (tertiary/aromatic N) is 1. The van der Waals surface area contributed by atoms with E-state index in [1.54, 1.807) is 23.1 Å². The first-order chi connectivity index (χ1) is 15.5. The van der Waals surface area contributed by atoms with Gasteiger partial charge in [0, 0.05) is 20.9 Å². The van der Waals surface area contributed by atoms with E-state index in [9.17, 15) is 14.4 Å². The van der Waals surface area contributed by atoms with Gasteiger partial charge in [0.25, 0.3) is 0 Å². The van der Waals surface area contributed by atoms with E-state index in [2.05, 4.69) is 22.5 Å². The Morgan fingerprint density at radius 2 is 1.75 bits per heavy atom. The number of nitrogens with one attached hydrogen (secondary N) is 1. The molecule has 7 atom stereocenters. The summed E-state index contributed by atoms with van der Waals surface area (Å²) in [5, 5.41) is 3.30. The average Bonchev–Trinajstić information content (AvgIpc) is 3.57. The van der Waals surface area contributed by atoms with Gasteiger partial charge in [-0.15, -0.1) is 23.1 Å². The molecule has 4 heterocycles. The predicted octanol–water partition coefficient (Wildman–Crippen LogP) is 4.48. The number of imide groups is 1. The second-order valence-electron chi connectivity index (χ2n) is 9.32. The van der Waals surface area contributed by atoms with Crippen molar-refractivity contribution in [2.45, 2.75) is 29.5 Å². The molecule has 2 aromatic heterocycles. The van der Waals surface area contributed by atoms with Crippen LogP contribution in [0, 0.1) is 36.5 Å². The summed E-state index contributed by atoms with van der Waals surface area (Å²) in [4.78, 5) is 46.3. The number of rotatable bonds is 2. The summed E-state index contributed by atoms with van der Waals surface area (Å²) in [6.45, 7) is 2.00. The van der Waals surface area contributed by atoms with Crippen LogP contribution in [0.15, 0.2) is 51.6 Å². The number of aromatic amines is 1. The van der Waals surface area contributed by atoms with Crippen LogP contribution in [0.2, 0.25) is 0 Å². The number of benzene rings is 1. The quantitative estimate of drug-likeness (QED) is 0.549. The normalized spacial score (nSPS) is 34.7.